The Morgan fingerprint density at radius 3 is 2.04 bits per heavy atom. The molecule has 1 radical (unpaired) electrons. The van der Waals surface area contributed by atoms with Crippen molar-refractivity contribution in [2.75, 3.05) is 4.90 Å². The second-order valence-electron chi connectivity index (χ2n) is 13.0. The van der Waals surface area contributed by atoms with E-state index in [2.05, 4.69) is 111 Å². The molecular weight excluding hydrogens is 663 g/mol. The second kappa shape index (κ2) is 11.7. The quantitative estimate of drug-likeness (QED) is 0.156. The summed E-state index contributed by atoms with van der Waals surface area (Å²) in [5.41, 5.74) is 8.23. The first-order valence-corrected chi connectivity index (χ1v) is 18.6. The van der Waals surface area contributed by atoms with Crippen molar-refractivity contribution in [1.82, 2.24) is 28.5 Å². The third kappa shape index (κ3) is 4.58. The minimum Gasteiger partial charge on any atom is -0.430 e. The van der Waals surface area contributed by atoms with E-state index < -0.39 is 8.96 Å². The minimum atomic E-state index is -1.54. The number of rotatable bonds is 7. The van der Waals surface area contributed by atoms with Gasteiger partial charge in [0.2, 0.25) is 14.9 Å². The molecule has 5 aromatic carbocycles. The van der Waals surface area contributed by atoms with Crippen LogP contribution in [0.15, 0.2) is 149 Å². The zero-order chi connectivity index (χ0) is 34.9. The number of para-hydroxylation sites is 2. The Bertz CT molecular complexity index is 2860. The van der Waals surface area contributed by atoms with Crippen molar-refractivity contribution in [3.05, 3.63) is 151 Å². The van der Waals surface area contributed by atoms with Gasteiger partial charge in [-0.05, 0) is 60.6 Å². The van der Waals surface area contributed by atoms with Crippen molar-refractivity contribution in [3.63, 3.8) is 0 Å². The van der Waals surface area contributed by atoms with Gasteiger partial charge in [0.25, 0.3) is 0 Å². The molecule has 0 bridgehead atoms. The van der Waals surface area contributed by atoms with Crippen molar-refractivity contribution in [1.29, 1.82) is 0 Å². The number of imidazole rings is 1. The smallest absolute Gasteiger partial charge is 0.321 e. The van der Waals surface area contributed by atoms with Gasteiger partial charge in [0, 0.05) is 29.0 Å². The van der Waals surface area contributed by atoms with Gasteiger partial charge in [-0.3, -0.25) is 0 Å². The molecule has 0 aliphatic heterocycles. The molecule has 0 fully saturated rings. The van der Waals surface area contributed by atoms with Crippen LogP contribution >= 0.6 is 0 Å². The van der Waals surface area contributed by atoms with E-state index in [4.69, 9.17) is 18.8 Å². The Hall–Kier alpha value is -6.65. The lowest BCUT2D eigenvalue weighted by molar-refractivity contribution is 0.476. The lowest BCUT2D eigenvalue weighted by atomic mass is 10.1. The summed E-state index contributed by atoms with van der Waals surface area (Å²) in [6.07, 6.45) is 1.64. The van der Waals surface area contributed by atoms with Gasteiger partial charge in [-0.1, -0.05) is 97.1 Å². The fourth-order valence-corrected chi connectivity index (χ4v) is 10.2. The first-order chi connectivity index (χ1) is 25.5. The van der Waals surface area contributed by atoms with E-state index in [0.29, 0.717) is 23.3 Å². The molecule has 10 rings (SSSR count). The van der Waals surface area contributed by atoms with Gasteiger partial charge in [0.15, 0.2) is 5.52 Å². The SMILES string of the molecule is Cc1cc(C)n(-c2coc3oc(N(c4ccccc4)c4nc5c(ccc6c7ccccc7n([Si](c7ccccc7)c7ccccc7)c65)n4C)nc23)n1. The van der Waals surface area contributed by atoms with Crippen LogP contribution in [-0.2, 0) is 7.05 Å². The molecular formula is C42H32N7O2Si. The number of furan rings is 1. The van der Waals surface area contributed by atoms with Crippen LogP contribution in [0.5, 0.6) is 0 Å². The number of oxazole rings is 1. The first-order valence-electron chi connectivity index (χ1n) is 17.2. The monoisotopic (exact) mass is 694 g/mol. The highest BCUT2D eigenvalue weighted by atomic mass is 28.3. The van der Waals surface area contributed by atoms with E-state index in [9.17, 15) is 0 Å². The van der Waals surface area contributed by atoms with Gasteiger partial charge in [0.1, 0.15) is 17.5 Å². The number of fused-ring (bicyclic) bond motifs is 6. The van der Waals surface area contributed by atoms with Crippen LogP contribution in [0.25, 0.3) is 49.8 Å². The van der Waals surface area contributed by atoms with Crippen LogP contribution in [0.3, 0.4) is 0 Å². The van der Waals surface area contributed by atoms with E-state index in [0.717, 1.165) is 44.7 Å². The van der Waals surface area contributed by atoms with Crippen LogP contribution in [0.2, 0.25) is 0 Å². The summed E-state index contributed by atoms with van der Waals surface area (Å²) >= 11 is 0. The summed E-state index contributed by atoms with van der Waals surface area (Å²) in [6, 6.07) is 47.3. The van der Waals surface area contributed by atoms with Gasteiger partial charge < -0.3 is 17.6 Å². The summed E-state index contributed by atoms with van der Waals surface area (Å²) in [4.78, 5) is 12.5. The molecule has 251 valence electrons. The van der Waals surface area contributed by atoms with Crippen molar-refractivity contribution >= 4 is 81.1 Å². The average molecular weight is 695 g/mol. The number of aromatic nitrogens is 6. The standard InChI is InChI=1S/C42H32N7O2Si/c1-27-25-28(2)48(45-27)36-26-50-40-38(36)44-42(51-40)47(29-15-7-4-8-16-29)41-43-37-35(46(41)3)24-23-33-32-21-13-14-22-34(32)49(39(33)37)52(30-17-9-5-10-18-30)31-19-11-6-12-20-31/h4-26H,1-3H3. The summed E-state index contributed by atoms with van der Waals surface area (Å²) in [7, 11) is 0.508. The lowest BCUT2D eigenvalue weighted by Crippen LogP contribution is -2.48. The number of anilines is 3. The van der Waals surface area contributed by atoms with Gasteiger partial charge >= 0.3 is 11.8 Å². The summed E-state index contributed by atoms with van der Waals surface area (Å²) in [5.74, 6) is 0.980. The van der Waals surface area contributed by atoms with Gasteiger partial charge in [-0.2, -0.15) is 10.1 Å². The van der Waals surface area contributed by atoms with Crippen LogP contribution < -0.4 is 15.3 Å². The zero-order valence-corrected chi connectivity index (χ0v) is 29.7. The van der Waals surface area contributed by atoms with Crippen LogP contribution in [-0.4, -0.2) is 37.5 Å². The summed E-state index contributed by atoms with van der Waals surface area (Å²) in [5, 5.41) is 9.62. The predicted octanol–water partition coefficient (Wildman–Crippen LogP) is 8.34. The fraction of sp³-hybridized carbons (Fsp3) is 0.0714. The molecule has 5 aromatic heterocycles. The molecule has 5 heterocycles. The number of nitrogens with zero attached hydrogens (tertiary/aromatic N) is 7. The lowest BCUT2D eigenvalue weighted by Gasteiger charge is -2.20. The van der Waals surface area contributed by atoms with Crippen molar-refractivity contribution in [2.24, 2.45) is 7.05 Å². The molecule has 0 atom stereocenters. The second-order valence-corrected chi connectivity index (χ2v) is 15.3. The maximum atomic E-state index is 6.41. The maximum Gasteiger partial charge on any atom is 0.321 e. The molecule has 0 amide bonds. The van der Waals surface area contributed by atoms with E-state index in [-0.39, 0.29) is 0 Å². The molecule has 10 aromatic rings. The van der Waals surface area contributed by atoms with Crippen LogP contribution in [0.1, 0.15) is 11.4 Å². The molecule has 0 saturated heterocycles. The number of aryl methyl sites for hydroxylation is 3. The fourth-order valence-electron chi connectivity index (χ4n) is 7.45. The Balaban J connectivity index is 1.24. The molecule has 0 saturated carbocycles. The number of hydrogen-bond acceptors (Lipinski definition) is 6. The van der Waals surface area contributed by atoms with E-state index in [1.807, 2.05) is 66.9 Å². The predicted molar refractivity (Wildman–Crippen MR) is 208 cm³/mol. The van der Waals surface area contributed by atoms with Gasteiger partial charge in [-0.15, -0.1) is 0 Å². The van der Waals surface area contributed by atoms with Gasteiger partial charge in [0.05, 0.1) is 22.4 Å². The largest absolute Gasteiger partial charge is 0.430 e. The molecule has 0 unspecified atom stereocenters. The highest BCUT2D eigenvalue weighted by Crippen LogP contribution is 2.41. The average Bonchev–Trinajstić information content (AvgIpc) is 3.99. The molecule has 52 heavy (non-hydrogen) atoms. The summed E-state index contributed by atoms with van der Waals surface area (Å²) in [6.45, 7) is 3.98. The zero-order valence-electron chi connectivity index (χ0n) is 28.7. The van der Waals surface area contributed by atoms with Crippen molar-refractivity contribution < 1.29 is 8.83 Å². The first kappa shape index (κ1) is 30.2. The molecule has 0 N–H and O–H groups in total. The summed E-state index contributed by atoms with van der Waals surface area (Å²) < 4.78 is 18.9. The maximum absolute atomic E-state index is 6.41. The Morgan fingerprint density at radius 1 is 0.673 bits per heavy atom. The number of benzene rings is 5. The van der Waals surface area contributed by atoms with E-state index in [1.54, 1.807) is 6.26 Å². The molecule has 0 spiro atoms. The highest BCUT2D eigenvalue weighted by Gasteiger charge is 2.30. The normalized spacial score (nSPS) is 11.9. The molecule has 0 aliphatic rings. The number of hydrogen-bond donors (Lipinski definition) is 0. The third-order valence-corrected chi connectivity index (χ3v) is 12.4. The minimum absolute atomic E-state index is 0.317. The van der Waals surface area contributed by atoms with Crippen LogP contribution in [0.4, 0.5) is 17.7 Å². The topological polar surface area (TPSA) is 83.0 Å². The van der Waals surface area contributed by atoms with Crippen molar-refractivity contribution in [3.8, 4) is 5.69 Å². The Kier molecular flexibility index (Phi) is 6.80. The Morgan fingerprint density at radius 2 is 1.35 bits per heavy atom. The molecule has 0 aliphatic carbocycles. The van der Waals surface area contributed by atoms with Crippen molar-refractivity contribution in [2.45, 2.75) is 13.8 Å². The molecule has 9 nitrogen and oxygen atoms in total. The highest BCUT2D eigenvalue weighted by molar-refractivity contribution is 6.85. The van der Waals surface area contributed by atoms with Crippen LogP contribution in [0, 0.1) is 13.8 Å². The Labute approximate surface area is 300 Å². The van der Waals surface area contributed by atoms with Gasteiger partial charge in [-0.25, -0.2) is 14.6 Å². The third-order valence-electron chi connectivity index (χ3n) is 9.73. The molecule has 10 heteroatoms. The van der Waals surface area contributed by atoms with E-state index in [1.165, 1.54) is 21.3 Å². The van der Waals surface area contributed by atoms with E-state index >= 15 is 0 Å².